The number of rotatable bonds is 9. The second kappa shape index (κ2) is 9.53. The van der Waals surface area contributed by atoms with Gasteiger partial charge in [0.15, 0.2) is 0 Å². The molecule has 0 heterocycles. The van der Waals surface area contributed by atoms with Gasteiger partial charge in [0, 0.05) is 13.2 Å². The van der Waals surface area contributed by atoms with Crippen LogP contribution in [0, 0.1) is 0 Å². The lowest BCUT2D eigenvalue weighted by Gasteiger charge is -2.12. The molecule has 1 aromatic rings. The topological polar surface area (TPSA) is 75.4 Å². The minimum Gasteiger partial charge on any atom is -0.396 e. The molecule has 4 heteroatoms. The molecular weight excluding hydrogens is 240 g/mol. The summed E-state index contributed by atoms with van der Waals surface area (Å²) in [4.78, 5) is 11.8. The van der Waals surface area contributed by atoms with Crippen molar-refractivity contribution in [2.45, 2.75) is 38.1 Å². The minimum atomic E-state index is -0.486. The molecule has 0 bridgehead atoms. The molecule has 0 fully saturated rings. The number of carbonyl (C=O) groups is 1. The summed E-state index contributed by atoms with van der Waals surface area (Å²) in [7, 11) is 0. The van der Waals surface area contributed by atoms with E-state index in [1.807, 2.05) is 30.3 Å². The molecule has 1 atom stereocenters. The van der Waals surface area contributed by atoms with Crippen molar-refractivity contribution < 1.29 is 9.90 Å². The summed E-state index contributed by atoms with van der Waals surface area (Å²) in [6.45, 7) is 0.904. The molecule has 1 aromatic carbocycles. The summed E-state index contributed by atoms with van der Waals surface area (Å²) < 4.78 is 0. The fourth-order valence-electron chi connectivity index (χ4n) is 1.89. The van der Waals surface area contributed by atoms with Crippen LogP contribution in [0.3, 0.4) is 0 Å². The van der Waals surface area contributed by atoms with Crippen LogP contribution in [0.5, 0.6) is 0 Å². The van der Waals surface area contributed by atoms with Gasteiger partial charge in [0.25, 0.3) is 0 Å². The predicted octanol–water partition coefficient (Wildman–Crippen LogP) is 1.23. The van der Waals surface area contributed by atoms with Crippen LogP contribution in [0.15, 0.2) is 30.3 Å². The van der Waals surface area contributed by atoms with Gasteiger partial charge in [0.1, 0.15) is 0 Å². The van der Waals surface area contributed by atoms with Crippen molar-refractivity contribution in [3.8, 4) is 0 Å². The zero-order chi connectivity index (χ0) is 13.9. The van der Waals surface area contributed by atoms with Crippen molar-refractivity contribution in [2.24, 2.45) is 5.73 Å². The molecule has 4 N–H and O–H groups in total. The lowest BCUT2D eigenvalue weighted by molar-refractivity contribution is -0.122. The van der Waals surface area contributed by atoms with Crippen LogP contribution in [0.25, 0.3) is 0 Å². The Morgan fingerprint density at radius 1 is 1.16 bits per heavy atom. The van der Waals surface area contributed by atoms with Crippen LogP contribution in [0.1, 0.15) is 31.2 Å². The SMILES string of the molecule is NC(Cc1ccccc1)C(=O)NCCCCCCO. The molecule has 1 amide bonds. The number of unbranched alkanes of at least 4 members (excludes halogenated alkanes) is 3. The van der Waals surface area contributed by atoms with E-state index in [1.165, 1.54) is 0 Å². The highest BCUT2D eigenvalue weighted by atomic mass is 16.2. The van der Waals surface area contributed by atoms with Gasteiger partial charge in [-0.25, -0.2) is 0 Å². The molecule has 0 aliphatic carbocycles. The normalized spacial score (nSPS) is 12.1. The van der Waals surface area contributed by atoms with Gasteiger partial charge in [-0.2, -0.15) is 0 Å². The van der Waals surface area contributed by atoms with Crippen molar-refractivity contribution in [3.63, 3.8) is 0 Å². The molecule has 4 nitrogen and oxygen atoms in total. The highest BCUT2D eigenvalue weighted by molar-refractivity contribution is 5.81. The first-order chi connectivity index (χ1) is 9.24. The minimum absolute atomic E-state index is 0.0917. The van der Waals surface area contributed by atoms with Crippen molar-refractivity contribution in [2.75, 3.05) is 13.2 Å². The van der Waals surface area contributed by atoms with Gasteiger partial charge >= 0.3 is 0 Å². The van der Waals surface area contributed by atoms with E-state index < -0.39 is 6.04 Å². The monoisotopic (exact) mass is 264 g/mol. The average Bonchev–Trinajstić information content (AvgIpc) is 2.43. The third-order valence-corrected chi connectivity index (χ3v) is 3.02. The Balaban J connectivity index is 2.15. The molecule has 1 unspecified atom stereocenters. The Labute approximate surface area is 115 Å². The number of hydrogen-bond donors (Lipinski definition) is 3. The molecule has 0 radical (unpaired) electrons. The second-order valence-electron chi connectivity index (χ2n) is 4.73. The van der Waals surface area contributed by atoms with Crippen LogP contribution >= 0.6 is 0 Å². The Bertz CT molecular complexity index is 354. The summed E-state index contributed by atoms with van der Waals surface area (Å²) in [5, 5.41) is 11.5. The van der Waals surface area contributed by atoms with Crippen LogP contribution in [0.2, 0.25) is 0 Å². The largest absolute Gasteiger partial charge is 0.396 e. The van der Waals surface area contributed by atoms with Gasteiger partial charge in [-0.1, -0.05) is 43.2 Å². The molecular formula is C15H24N2O2. The first-order valence-electron chi connectivity index (χ1n) is 6.92. The van der Waals surface area contributed by atoms with Gasteiger partial charge in [-0.05, 0) is 24.8 Å². The number of carbonyl (C=O) groups excluding carboxylic acids is 1. The van der Waals surface area contributed by atoms with Crippen LogP contribution in [-0.4, -0.2) is 30.2 Å². The number of aliphatic hydroxyl groups is 1. The maximum absolute atomic E-state index is 11.8. The van der Waals surface area contributed by atoms with E-state index in [-0.39, 0.29) is 12.5 Å². The summed E-state index contributed by atoms with van der Waals surface area (Å²) in [6.07, 6.45) is 4.36. The van der Waals surface area contributed by atoms with E-state index in [1.54, 1.807) is 0 Å². The summed E-state index contributed by atoms with van der Waals surface area (Å²) in [6, 6.07) is 9.30. The fraction of sp³-hybridized carbons (Fsp3) is 0.533. The van der Waals surface area contributed by atoms with E-state index >= 15 is 0 Å². The third kappa shape index (κ3) is 6.94. The number of nitrogens with one attached hydrogen (secondary N) is 1. The predicted molar refractivity (Wildman–Crippen MR) is 76.7 cm³/mol. The molecule has 0 spiro atoms. The maximum atomic E-state index is 11.8. The Hall–Kier alpha value is -1.39. The summed E-state index contributed by atoms with van der Waals surface area (Å²) in [5.74, 6) is -0.0917. The number of aliphatic hydroxyl groups excluding tert-OH is 1. The van der Waals surface area contributed by atoms with Crippen LogP contribution in [-0.2, 0) is 11.2 Å². The zero-order valence-electron chi connectivity index (χ0n) is 11.3. The van der Waals surface area contributed by atoms with E-state index in [0.717, 1.165) is 31.2 Å². The second-order valence-corrected chi connectivity index (χ2v) is 4.73. The molecule has 19 heavy (non-hydrogen) atoms. The van der Waals surface area contributed by atoms with Crippen molar-refractivity contribution in [1.82, 2.24) is 5.32 Å². The molecule has 1 rings (SSSR count). The number of hydrogen-bond acceptors (Lipinski definition) is 3. The summed E-state index contributed by atoms with van der Waals surface area (Å²) >= 11 is 0. The highest BCUT2D eigenvalue weighted by Crippen LogP contribution is 2.02. The molecule has 0 aliphatic heterocycles. The lowest BCUT2D eigenvalue weighted by atomic mass is 10.1. The molecule has 0 saturated heterocycles. The van der Waals surface area contributed by atoms with E-state index in [4.69, 9.17) is 10.8 Å². The van der Waals surface area contributed by atoms with Gasteiger partial charge in [0.2, 0.25) is 5.91 Å². The smallest absolute Gasteiger partial charge is 0.237 e. The Morgan fingerprint density at radius 3 is 2.53 bits per heavy atom. The average molecular weight is 264 g/mol. The first-order valence-corrected chi connectivity index (χ1v) is 6.92. The Kier molecular flexibility index (Phi) is 7.86. The molecule has 0 aromatic heterocycles. The maximum Gasteiger partial charge on any atom is 0.237 e. The molecule has 106 valence electrons. The quantitative estimate of drug-likeness (QED) is 0.587. The highest BCUT2D eigenvalue weighted by Gasteiger charge is 2.12. The number of amides is 1. The third-order valence-electron chi connectivity index (χ3n) is 3.02. The van der Waals surface area contributed by atoms with Gasteiger partial charge in [-0.3, -0.25) is 4.79 Å². The van der Waals surface area contributed by atoms with Crippen molar-refractivity contribution in [3.05, 3.63) is 35.9 Å². The zero-order valence-corrected chi connectivity index (χ0v) is 11.3. The standard InChI is InChI=1S/C15H24N2O2/c16-14(12-13-8-4-3-5-9-13)15(19)17-10-6-1-2-7-11-18/h3-5,8-9,14,18H,1-2,6-7,10-12,16H2,(H,17,19). The van der Waals surface area contributed by atoms with Crippen molar-refractivity contribution >= 4 is 5.91 Å². The van der Waals surface area contributed by atoms with Gasteiger partial charge < -0.3 is 16.2 Å². The van der Waals surface area contributed by atoms with E-state index in [0.29, 0.717) is 13.0 Å². The molecule has 0 aliphatic rings. The van der Waals surface area contributed by atoms with Gasteiger partial charge in [0.05, 0.1) is 6.04 Å². The van der Waals surface area contributed by atoms with Crippen LogP contribution in [0.4, 0.5) is 0 Å². The van der Waals surface area contributed by atoms with E-state index in [2.05, 4.69) is 5.32 Å². The Morgan fingerprint density at radius 2 is 1.84 bits per heavy atom. The van der Waals surface area contributed by atoms with Crippen LogP contribution < -0.4 is 11.1 Å². The van der Waals surface area contributed by atoms with Crippen molar-refractivity contribution in [1.29, 1.82) is 0 Å². The lowest BCUT2D eigenvalue weighted by Crippen LogP contribution is -2.42. The molecule has 0 saturated carbocycles. The number of nitrogens with two attached hydrogens (primary N) is 1. The summed E-state index contributed by atoms with van der Waals surface area (Å²) in [5.41, 5.74) is 6.94. The number of benzene rings is 1. The fourth-order valence-corrected chi connectivity index (χ4v) is 1.89. The van der Waals surface area contributed by atoms with Gasteiger partial charge in [-0.15, -0.1) is 0 Å². The van der Waals surface area contributed by atoms with E-state index in [9.17, 15) is 4.79 Å². The first kappa shape index (κ1) is 15.7.